The molecular weight excluding hydrogens is 421 g/mol. The standard InChI is InChI=1S/C23H23F3N4O2/c1-2-18-5-6-19(13-28)30(18)22(31)14-29-17-3-7-20(8-4-17)32-21-10-15(12-27)9-16(11-21)23(24,25)26/h1,9-11,17-20,29H,3-8,14H2/t17?,18-,19+,20?/m0/s1. The summed E-state index contributed by atoms with van der Waals surface area (Å²) < 4.78 is 44.8. The number of hydrogen-bond acceptors (Lipinski definition) is 5. The fourth-order valence-corrected chi connectivity index (χ4v) is 4.24. The number of hydrogen-bond donors (Lipinski definition) is 1. The summed E-state index contributed by atoms with van der Waals surface area (Å²) in [6.45, 7) is 0.0751. The molecule has 3 rings (SSSR count). The van der Waals surface area contributed by atoms with Crippen molar-refractivity contribution in [2.24, 2.45) is 0 Å². The van der Waals surface area contributed by atoms with E-state index in [1.807, 2.05) is 0 Å². The molecule has 1 aliphatic carbocycles. The number of benzene rings is 1. The predicted molar refractivity (Wildman–Crippen MR) is 109 cm³/mol. The summed E-state index contributed by atoms with van der Waals surface area (Å²) in [6, 6.07) is 6.07. The molecule has 2 fully saturated rings. The number of halogens is 3. The number of terminal acetylenes is 1. The van der Waals surface area contributed by atoms with E-state index in [0.29, 0.717) is 38.5 Å². The number of nitriles is 2. The normalized spacial score (nSPS) is 25.4. The van der Waals surface area contributed by atoms with E-state index in [1.54, 1.807) is 6.07 Å². The Kier molecular flexibility index (Phi) is 7.28. The van der Waals surface area contributed by atoms with Crippen molar-refractivity contribution in [1.82, 2.24) is 10.2 Å². The first kappa shape index (κ1) is 23.4. The van der Waals surface area contributed by atoms with Crippen LogP contribution >= 0.6 is 0 Å². The number of carbonyl (C=O) groups is 1. The highest BCUT2D eigenvalue weighted by Gasteiger charge is 2.36. The summed E-state index contributed by atoms with van der Waals surface area (Å²) in [5, 5.41) is 21.4. The Morgan fingerprint density at radius 1 is 1.12 bits per heavy atom. The van der Waals surface area contributed by atoms with Crippen molar-refractivity contribution >= 4 is 5.91 Å². The minimum absolute atomic E-state index is 0.0277. The van der Waals surface area contributed by atoms with Crippen LogP contribution in [0.3, 0.4) is 0 Å². The third kappa shape index (κ3) is 5.52. The second-order valence-corrected chi connectivity index (χ2v) is 8.03. The van der Waals surface area contributed by atoms with Crippen LogP contribution in [0.5, 0.6) is 5.75 Å². The van der Waals surface area contributed by atoms with E-state index in [9.17, 15) is 23.2 Å². The minimum Gasteiger partial charge on any atom is -0.490 e. The monoisotopic (exact) mass is 444 g/mol. The van der Waals surface area contributed by atoms with Gasteiger partial charge in [-0.15, -0.1) is 6.42 Å². The van der Waals surface area contributed by atoms with Gasteiger partial charge in [-0.1, -0.05) is 5.92 Å². The number of amides is 1. The average Bonchev–Trinajstić information content (AvgIpc) is 3.21. The molecule has 0 unspecified atom stereocenters. The molecule has 168 valence electrons. The second kappa shape index (κ2) is 9.94. The smallest absolute Gasteiger partial charge is 0.416 e. The molecule has 1 N–H and O–H groups in total. The van der Waals surface area contributed by atoms with Gasteiger partial charge in [0.25, 0.3) is 0 Å². The van der Waals surface area contributed by atoms with Gasteiger partial charge in [0.15, 0.2) is 0 Å². The summed E-state index contributed by atoms with van der Waals surface area (Å²) in [4.78, 5) is 14.1. The zero-order valence-electron chi connectivity index (χ0n) is 17.4. The first-order valence-electron chi connectivity index (χ1n) is 10.4. The van der Waals surface area contributed by atoms with Gasteiger partial charge in [-0.25, -0.2) is 0 Å². The van der Waals surface area contributed by atoms with Gasteiger partial charge in [-0.3, -0.25) is 4.79 Å². The number of carbonyl (C=O) groups excluding carboxylic acids is 1. The van der Waals surface area contributed by atoms with Crippen molar-refractivity contribution in [3.05, 3.63) is 29.3 Å². The lowest BCUT2D eigenvalue weighted by Gasteiger charge is -2.31. The molecule has 0 spiro atoms. The summed E-state index contributed by atoms with van der Waals surface area (Å²) in [5.74, 6) is 2.39. The lowest BCUT2D eigenvalue weighted by molar-refractivity contribution is -0.137. The molecule has 2 aliphatic rings. The molecule has 1 aliphatic heterocycles. The topological polar surface area (TPSA) is 89.2 Å². The Bertz CT molecular complexity index is 943. The molecule has 2 atom stereocenters. The van der Waals surface area contributed by atoms with Crippen LogP contribution in [0.1, 0.15) is 49.7 Å². The van der Waals surface area contributed by atoms with Crippen LogP contribution in [0.4, 0.5) is 13.2 Å². The molecule has 1 saturated carbocycles. The van der Waals surface area contributed by atoms with E-state index in [4.69, 9.17) is 16.4 Å². The number of nitrogens with one attached hydrogen (secondary N) is 1. The summed E-state index contributed by atoms with van der Waals surface area (Å²) in [5.41, 5.74) is -1.02. The van der Waals surface area contributed by atoms with Gasteiger partial charge in [0.05, 0.1) is 42.0 Å². The lowest BCUT2D eigenvalue weighted by atomic mass is 9.93. The largest absolute Gasteiger partial charge is 0.490 e. The molecule has 1 aromatic rings. The van der Waals surface area contributed by atoms with Crippen molar-refractivity contribution in [3.8, 4) is 30.2 Å². The maximum Gasteiger partial charge on any atom is 0.416 e. The zero-order chi connectivity index (χ0) is 23.3. The molecule has 9 heteroatoms. The highest BCUT2D eigenvalue weighted by atomic mass is 19.4. The Morgan fingerprint density at radius 3 is 2.41 bits per heavy atom. The number of alkyl halides is 3. The van der Waals surface area contributed by atoms with Crippen LogP contribution in [0.15, 0.2) is 18.2 Å². The highest BCUT2D eigenvalue weighted by molar-refractivity contribution is 5.80. The number of likely N-dealkylation sites (tertiary alicyclic amines) is 1. The quantitative estimate of drug-likeness (QED) is 0.704. The molecule has 32 heavy (non-hydrogen) atoms. The van der Waals surface area contributed by atoms with Crippen LogP contribution in [0.2, 0.25) is 0 Å². The highest BCUT2D eigenvalue weighted by Crippen LogP contribution is 2.34. The van der Waals surface area contributed by atoms with E-state index in [1.165, 1.54) is 11.0 Å². The average molecular weight is 444 g/mol. The Balaban J connectivity index is 1.51. The van der Waals surface area contributed by atoms with Crippen LogP contribution in [-0.2, 0) is 11.0 Å². The molecule has 0 aromatic heterocycles. The van der Waals surface area contributed by atoms with Gasteiger partial charge in [0.1, 0.15) is 11.8 Å². The lowest BCUT2D eigenvalue weighted by Crippen LogP contribution is -2.47. The Morgan fingerprint density at radius 2 is 1.81 bits per heavy atom. The van der Waals surface area contributed by atoms with Crippen molar-refractivity contribution < 1.29 is 22.7 Å². The van der Waals surface area contributed by atoms with Crippen LogP contribution in [0.25, 0.3) is 0 Å². The minimum atomic E-state index is -4.56. The van der Waals surface area contributed by atoms with Gasteiger partial charge in [-0.2, -0.15) is 23.7 Å². The summed E-state index contributed by atoms with van der Waals surface area (Å²) >= 11 is 0. The maximum atomic E-state index is 13.0. The van der Waals surface area contributed by atoms with Crippen molar-refractivity contribution in [3.63, 3.8) is 0 Å². The number of nitrogens with zero attached hydrogens (tertiary/aromatic N) is 3. The molecule has 6 nitrogen and oxygen atoms in total. The third-order valence-corrected chi connectivity index (χ3v) is 5.90. The molecule has 0 radical (unpaired) electrons. The first-order valence-corrected chi connectivity index (χ1v) is 10.4. The van der Waals surface area contributed by atoms with Gasteiger partial charge in [-0.05, 0) is 56.7 Å². The molecule has 1 amide bonds. The van der Waals surface area contributed by atoms with E-state index in [0.717, 1.165) is 12.1 Å². The van der Waals surface area contributed by atoms with Crippen molar-refractivity contribution in [1.29, 1.82) is 10.5 Å². The van der Waals surface area contributed by atoms with Gasteiger partial charge in [0.2, 0.25) is 5.91 Å². The van der Waals surface area contributed by atoms with E-state index >= 15 is 0 Å². The van der Waals surface area contributed by atoms with E-state index < -0.39 is 17.8 Å². The van der Waals surface area contributed by atoms with Crippen molar-refractivity contribution in [2.45, 2.75) is 68.9 Å². The molecular formula is C23H23F3N4O2. The van der Waals surface area contributed by atoms with Crippen LogP contribution in [-0.4, -0.2) is 41.6 Å². The first-order chi connectivity index (χ1) is 15.2. The maximum absolute atomic E-state index is 13.0. The van der Waals surface area contributed by atoms with Gasteiger partial charge in [0, 0.05) is 6.04 Å². The van der Waals surface area contributed by atoms with E-state index in [2.05, 4.69) is 17.3 Å². The Hall–Kier alpha value is -3.22. The molecule has 0 bridgehead atoms. The molecule has 1 saturated heterocycles. The van der Waals surface area contributed by atoms with E-state index in [-0.39, 0.29) is 42.0 Å². The number of ether oxygens (including phenoxy) is 1. The third-order valence-electron chi connectivity index (χ3n) is 5.90. The Labute approximate surface area is 184 Å². The van der Waals surface area contributed by atoms with Gasteiger partial charge < -0.3 is 15.0 Å². The predicted octanol–water partition coefficient (Wildman–Crippen LogP) is 3.37. The number of rotatable bonds is 5. The van der Waals surface area contributed by atoms with Crippen LogP contribution < -0.4 is 10.1 Å². The van der Waals surface area contributed by atoms with Crippen molar-refractivity contribution in [2.75, 3.05) is 6.54 Å². The second-order valence-electron chi connectivity index (χ2n) is 8.03. The fraction of sp³-hybridized carbons (Fsp3) is 0.522. The fourth-order valence-electron chi connectivity index (χ4n) is 4.24. The summed E-state index contributed by atoms with van der Waals surface area (Å²) in [7, 11) is 0. The van der Waals surface area contributed by atoms with Gasteiger partial charge >= 0.3 is 6.18 Å². The molecule has 1 aromatic carbocycles. The SMILES string of the molecule is C#C[C@H]1CC[C@H](C#N)N1C(=O)CNC1CCC(Oc2cc(C#N)cc(C(F)(F)F)c2)CC1. The zero-order valence-corrected chi connectivity index (χ0v) is 17.4. The summed E-state index contributed by atoms with van der Waals surface area (Å²) in [6.07, 6.45) is 4.40. The van der Waals surface area contributed by atoms with Crippen LogP contribution in [0, 0.1) is 35.0 Å². The molecule has 1 heterocycles.